The summed E-state index contributed by atoms with van der Waals surface area (Å²) in [5.41, 5.74) is 2.83. The molecule has 0 radical (unpaired) electrons. The Morgan fingerprint density at radius 3 is 1.30 bits per heavy atom. The van der Waals surface area contributed by atoms with E-state index >= 15 is 0 Å². The molecule has 0 spiro atoms. The highest BCUT2D eigenvalue weighted by Crippen LogP contribution is 2.58. The molecule has 2 aliphatic rings. The molecule has 23 heavy (non-hydrogen) atoms. The van der Waals surface area contributed by atoms with Gasteiger partial charge in [-0.25, -0.2) is 0 Å². The third kappa shape index (κ3) is 10.6. The zero-order valence-electron chi connectivity index (χ0n) is 15.0. The molecule has 2 saturated carbocycles. The minimum atomic E-state index is -6.00. The van der Waals surface area contributed by atoms with E-state index in [0.717, 1.165) is 11.3 Å². The van der Waals surface area contributed by atoms with E-state index in [4.69, 9.17) is 0 Å². The van der Waals surface area contributed by atoms with Crippen LogP contribution in [0.15, 0.2) is 0 Å². The van der Waals surface area contributed by atoms with Gasteiger partial charge in [0, 0.05) is 0 Å². The molecule has 138 valence electrons. The molecule has 0 aromatic heterocycles. The van der Waals surface area contributed by atoms with Crippen LogP contribution in [0.3, 0.4) is 0 Å². The van der Waals surface area contributed by atoms with Gasteiger partial charge in [0.1, 0.15) is 0 Å². The van der Waals surface area contributed by atoms with Crippen LogP contribution in [-0.4, -0.2) is 24.7 Å². The molecule has 0 nitrogen and oxygen atoms in total. The molecule has 0 saturated heterocycles. The third-order valence-corrected chi connectivity index (χ3v) is 8.97. The van der Waals surface area contributed by atoms with E-state index in [1.165, 1.54) is 44.7 Å². The normalized spacial score (nSPS) is 21.9. The first kappa shape index (κ1) is 21.3. The first-order valence-electron chi connectivity index (χ1n) is 9.19. The van der Waals surface area contributed by atoms with E-state index in [9.17, 15) is 17.3 Å². The number of halogens is 4. The number of hydrogen-bond donors (Lipinski definition) is 0. The molecule has 0 aromatic rings. The average Bonchev–Trinajstić information content (AvgIpc) is 2.44. The Bertz CT molecular complexity index is 292. The minimum absolute atomic E-state index is 0.315. The Labute approximate surface area is 141 Å². The maximum Gasteiger partial charge on any atom is 0.673 e. The van der Waals surface area contributed by atoms with Crippen molar-refractivity contribution in [2.75, 3.05) is 6.16 Å². The van der Waals surface area contributed by atoms with Crippen LogP contribution in [0.5, 0.6) is 0 Å². The van der Waals surface area contributed by atoms with Crippen LogP contribution in [0.1, 0.15) is 85.0 Å². The molecule has 0 heterocycles. The second kappa shape index (κ2) is 9.63. The summed E-state index contributed by atoms with van der Waals surface area (Å²) in [5.74, 6) is 0. The van der Waals surface area contributed by atoms with E-state index in [2.05, 4.69) is 20.8 Å². The van der Waals surface area contributed by atoms with Crippen LogP contribution in [0, 0.1) is 5.41 Å². The first-order valence-corrected chi connectivity index (χ1v) is 10.9. The van der Waals surface area contributed by atoms with Gasteiger partial charge in [0.15, 0.2) is 0 Å². The van der Waals surface area contributed by atoms with Crippen molar-refractivity contribution in [3.8, 4) is 0 Å². The lowest BCUT2D eigenvalue weighted by Gasteiger charge is -2.41. The van der Waals surface area contributed by atoms with Gasteiger partial charge in [-0.1, -0.05) is 67.2 Å². The smallest absolute Gasteiger partial charge is 0.418 e. The lowest BCUT2D eigenvalue weighted by Crippen LogP contribution is -2.26. The van der Waals surface area contributed by atoms with Crippen molar-refractivity contribution in [1.82, 2.24) is 0 Å². The molecule has 0 aliphatic heterocycles. The summed E-state index contributed by atoms with van der Waals surface area (Å²) in [6.07, 6.45) is 17.0. The largest absolute Gasteiger partial charge is 0.673 e. The fourth-order valence-electron chi connectivity index (χ4n) is 3.93. The molecule has 2 rings (SSSR count). The van der Waals surface area contributed by atoms with Crippen molar-refractivity contribution < 1.29 is 17.3 Å². The monoisotopic (exact) mass is 355 g/mol. The zero-order valence-corrected chi connectivity index (χ0v) is 15.9. The summed E-state index contributed by atoms with van der Waals surface area (Å²) in [6.45, 7) is 7.40. The van der Waals surface area contributed by atoms with Crippen molar-refractivity contribution >= 4 is 15.2 Å². The molecule has 0 bridgehead atoms. The minimum Gasteiger partial charge on any atom is -0.418 e. The van der Waals surface area contributed by atoms with Crippen LogP contribution in [-0.2, 0) is 0 Å². The van der Waals surface area contributed by atoms with Crippen LogP contribution in [0.4, 0.5) is 17.3 Å². The van der Waals surface area contributed by atoms with Gasteiger partial charge in [0.2, 0.25) is 0 Å². The zero-order chi connectivity index (χ0) is 17.5. The molecule has 2 fully saturated rings. The Hall–Kier alpha value is 0.215. The van der Waals surface area contributed by atoms with Crippen LogP contribution in [0.25, 0.3) is 0 Å². The topological polar surface area (TPSA) is 0 Å². The van der Waals surface area contributed by atoms with E-state index in [0.29, 0.717) is 13.3 Å². The third-order valence-electron chi connectivity index (χ3n) is 4.74. The van der Waals surface area contributed by atoms with Crippen LogP contribution in [0.2, 0.25) is 0 Å². The molecule has 6 heteroatoms. The summed E-state index contributed by atoms with van der Waals surface area (Å²) < 4.78 is 39.0. The molecule has 2 aliphatic carbocycles. The van der Waals surface area contributed by atoms with Gasteiger partial charge >= 0.3 is 7.25 Å². The lowest BCUT2D eigenvalue weighted by molar-refractivity contribution is 0.368. The van der Waals surface area contributed by atoms with E-state index in [1.54, 1.807) is 25.7 Å². The summed E-state index contributed by atoms with van der Waals surface area (Å²) in [6, 6.07) is 0. The van der Waals surface area contributed by atoms with Gasteiger partial charge in [-0.3, -0.25) is 0 Å². The molecule has 0 N–H and O–H groups in total. The highest BCUT2D eigenvalue weighted by molar-refractivity contribution is 7.59. The predicted molar refractivity (Wildman–Crippen MR) is 95.2 cm³/mol. The Kier molecular flexibility index (Phi) is 8.90. The van der Waals surface area contributed by atoms with E-state index in [1.807, 2.05) is 0 Å². The van der Waals surface area contributed by atoms with Crippen molar-refractivity contribution in [1.29, 1.82) is 0 Å². The molecular weight excluding hydrogens is 322 g/mol. The molecular formula is C17H33BF4P-. The highest BCUT2D eigenvalue weighted by Gasteiger charge is 2.33. The van der Waals surface area contributed by atoms with Gasteiger partial charge in [-0.05, 0) is 48.6 Å². The maximum absolute atomic E-state index is 9.75. The average molecular weight is 355 g/mol. The summed E-state index contributed by atoms with van der Waals surface area (Å²) in [7, 11) is -5.69. The lowest BCUT2D eigenvalue weighted by atomic mass is 9.99. The molecule has 0 atom stereocenters. The SMILES string of the molecule is CC(C)(C)CP(C1CCCCC1)C1CCCCC1.F[B-](F)(F)F. The summed E-state index contributed by atoms with van der Waals surface area (Å²) >= 11 is 0. The molecule has 0 amide bonds. The quantitative estimate of drug-likeness (QED) is 0.280. The van der Waals surface area contributed by atoms with Crippen molar-refractivity contribution in [3.63, 3.8) is 0 Å². The molecule has 0 aromatic carbocycles. The predicted octanol–water partition coefficient (Wildman–Crippen LogP) is 7.48. The number of hydrogen-bond acceptors (Lipinski definition) is 0. The fourth-order valence-corrected chi connectivity index (χ4v) is 8.19. The van der Waals surface area contributed by atoms with Gasteiger partial charge < -0.3 is 17.3 Å². The van der Waals surface area contributed by atoms with Crippen molar-refractivity contribution in [2.24, 2.45) is 5.41 Å². The van der Waals surface area contributed by atoms with Crippen molar-refractivity contribution in [3.05, 3.63) is 0 Å². The molecule has 0 unspecified atom stereocenters. The second-order valence-electron chi connectivity index (χ2n) is 8.31. The summed E-state index contributed by atoms with van der Waals surface area (Å²) in [5, 5.41) is 0. The maximum atomic E-state index is 9.75. The fraction of sp³-hybridized carbons (Fsp3) is 1.00. The van der Waals surface area contributed by atoms with Gasteiger partial charge in [0.05, 0.1) is 0 Å². The Morgan fingerprint density at radius 1 is 0.739 bits per heavy atom. The van der Waals surface area contributed by atoms with E-state index < -0.39 is 7.25 Å². The second-order valence-corrected chi connectivity index (χ2v) is 11.1. The van der Waals surface area contributed by atoms with Gasteiger partial charge in [0.25, 0.3) is 0 Å². The summed E-state index contributed by atoms with van der Waals surface area (Å²) in [4.78, 5) is 0. The first-order chi connectivity index (χ1) is 10.6. The van der Waals surface area contributed by atoms with E-state index in [-0.39, 0.29) is 0 Å². The standard InChI is InChI=1S/C17H33P.BF4/c1-17(2,3)14-18(15-10-6-4-7-11-15)16-12-8-5-9-13-16;2-1(3,4)5/h15-16H,4-14H2,1-3H3;/q;-1. The van der Waals surface area contributed by atoms with Crippen LogP contribution >= 0.6 is 7.92 Å². The van der Waals surface area contributed by atoms with Gasteiger partial charge in [-0.15, -0.1) is 0 Å². The van der Waals surface area contributed by atoms with Crippen LogP contribution < -0.4 is 0 Å². The van der Waals surface area contributed by atoms with Crippen molar-refractivity contribution in [2.45, 2.75) is 96.3 Å². The van der Waals surface area contributed by atoms with Gasteiger partial charge in [-0.2, -0.15) is 0 Å². The Balaban J connectivity index is 0.000000463. The number of rotatable bonds is 3. The Morgan fingerprint density at radius 2 is 1.04 bits per heavy atom. The highest BCUT2D eigenvalue weighted by atomic mass is 31.1.